The minimum Gasteiger partial charge on any atom is -0.395 e. The molecule has 0 unspecified atom stereocenters. The van der Waals surface area contributed by atoms with Crippen molar-refractivity contribution >= 4 is 11.8 Å². The fourth-order valence-electron chi connectivity index (χ4n) is 5.46. The Morgan fingerprint density at radius 2 is 1.21 bits per heavy atom. The van der Waals surface area contributed by atoms with Crippen LogP contribution in [0.2, 0.25) is 0 Å². The van der Waals surface area contributed by atoms with Crippen LogP contribution in [0, 0.1) is 11.8 Å². The molecule has 3 aliphatic heterocycles. The van der Waals surface area contributed by atoms with Crippen molar-refractivity contribution in [3.05, 3.63) is 0 Å². The summed E-state index contributed by atoms with van der Waals surface area (Å²) in [7, 11) is 0. The van der Waals surface area contributed by atoms with Gasteiger partial charge in [0.2, 0.25) is 11.8 Å². The zero-order valence-corrected chi connectivity index (χ0v) is 17.8. The number of carbonyl (C=O) groups is 2. The van der Waals surface area contributed by atoms with Crippen molar-refractivity contribution in [2.24, 2.45) is 11.8 Å². The van der Waals surface area contributed by atoms with Gasteiger partial charge in [-0.3, -0.25) is 19.4 Å². The minimum atomic E-state index is 0.110. The number of piperazine rings is 1. The zero-order valence-electron chi connectivity index (χ0n) is 17.8. The number of aliphatic hydroxyl groups excluding tert-OH is 1. The van der Waals surface area contributed by atoms with Crippen molar-refractivity contribution in [2.45, 2.75) is 51.0 Å². The number of amides is 2. The quantitative estimate of drug-likeness (QED) is 0.725. The number of nitrogens with zero attached hydrogens (tertiary/aromatic N) is 4. The molecule has 3 heterocycles. The van der Waals surface area contributed by atoms with E-state index >= 15 is 0 Å². The molecule has 1 saturated carbocycles. The second-order valence-corrected chi connectivity index (χ2v) is 9.39. The molecule has 2 amide bonds. The van der Waals surface area contributed by atoms with Crippen molar-refractivity contribution in [3.63, 3.8) is 0 Å². The van der Waals surface area contributed by atoms with Gasteiger partial charge >= 0.3 is 0 Å². The van der Waals surface area contributed by atoms with Crippen LogP contribution >= 0.6 is 0 Å². The second-order valence-electron chi connectivity index (χ2n) is 9.39. The lowest BCUT2D eigenvalue weighted by molar-refractivity contribution is -0.144. The molecule has 3 saturated heterocycles. The summed E-state index contributed by atoms with van der Waals surface area (Å²) < 4.78 is 0. The summed E-state index contributed by atoms with van der Waals surface area (Å²) in [6.07, 6.45) is 7.13. The lowest BCUT2D eigenvalue weighted by Gasteiger charge is -2.43. The number of β-amino-alcohol motifs (C(OH)–C–C–N with tert-alkyl or cyclic N) is 1. The molecule has 4 fully saturated rings. The van der Waals surface area contributed by atoms with Crippen LogP contribution < -0.4 is 0 Å². The van der Waals surface area contributed by atoms with Crippen LogP contribution in [0.3, 0.4) is 0 Å². The van der Waals surface area contributed by atoms with Crippen LogP contribution in [0.15, 0.2) is 0 Å². The number of rotatable bonds is 5. The summed E-state index contributed by atoms with van der Waals surface area (Å²) in [4.78, 5) is 34.4. The minimum absolute atomic E-state index is 0.110. The molecule has 0 atom stereocenters. The summed E-state index contributed by atoms with van der Waals surface area (Å²) in [5, 5.41) is 9.09. The molecule has 0 aromatic carbocycles. The Balaban J connectivity index is 1.17. The SMILES string of the molecule is O=C(C1CCC1)N1CCC(C(=O)N2CCC(N3CCN(CCO)CC3)CC2)CC1. The van der Waals surface area contributed by atoms with Gasteiger partial charge in [-0.2, -0.15) is 0 Å². The summed E-state index contributed by atoms with van der Waals surface area (Å²) >= 11 is 0. The highest BCUT2D eigenvalue weighted by Crippen LogP contribution is 2.30. The Bertz CT molecular complexity index is 558. The van der Waals surface area contributed by atoms with E-state index in [2.05, 4.69) is 14.7 Å². The molecule has 1 N–H and O–H groups in total. The summed E-state index contributed by atoms with van der Waals surface area (Å²) in [5.74, 6) is 1.04. The van der Waals surface area contributed by atoms with Crippen LogP contribution in [0.1, 0.15) is 44.9 Å². The van der Waals surface area contributed by atoms with Crippen LogP contribution in [0.4, 0.5) is 0 Å². The Hall–Kier alpha value is -1.18. The fraction of sp³-hybridized carbons (Fsp3) is 0.909. The fourth-order valence-corrected chi connectivity index (χ4v) is 5.46. The molecule has 164 valence electrons. The topological polar surface area (TPSA) is 67.3 Å². The molecule has 1 aliphatic carbocycles. The molecule has 0 aromatic rings. The van der Waals surface area contributed by atoms with E-state index in [9.17, 15) is 9.59 Å². The van der Waals surface area contributed by atoms with E-state index in [1.165, 1.54) is 6.42 Å². The van der Waals surface area contributed by atoms with Crippen molar-refractivity contribution in [3.8, 4) is 0 Å². The second kappa shape index (κ2) is 9.75. The molecule has 29 heavy (non-hydrogen) atoms. The van der Waals surface area contributed by atoms with Crippen molar-refractivity contribution in [1.29, 1.82) is 0 Å². The van der Waals surface area contributed by atoms with Gasteiger partial charge in [-0.1, -0.05) is 6.42 Å². The third-order valence-electron chi connectivity index (χ3n) is 7.73. The Labute approximate surface area is 175 Å². The van der Waals surface area contributed by atoms with Crippen LogP contribution in [0.25, 0.3) is 0 Å². The van der Waals surface area contributed by atoms with E-state index < -0.39 is 0 Å². The first-order chi connectivity index (χ1) is 14.2. The van der Waals surface area contributed by atoms with E-state index in [0.29, 0.717) is 17.9 Å². The highest BCUT2D eigenvalue weighted by Gasteiger charge is 2.36. The highest BCUT2D eigenvalue weighted by atomic mass is 16.3. The summed E-state index contributed by atoms with van der Waals surface area (Å²) in [5.41, 5.74) is 0. The molecule has 0 aromatic heterocycles. The van der Waals surface area contributed by atoms with Crippen LogP contribution in [0.5, 0.6) is 0 Å². The number of piperidine rings is 2. The zero-order chi connectivity index (χ0) is 20.2. The monoisotopic (exact) mass is 406 g/mol. The van der Waals surface area contributed by atoms with Gasteiger partial charge in [0, 0.05) is 76.8 Å². The molecule has 0 spiro atoms. The number of carbonyl (C=O) groups excluding carboxylic acids is 2. The molecule has 4 aliphatic rings. The van der Waals surface area contributed by atoms with Crippen LogP contribution in [-0.4, -0.2) is 108 Å². The standard InChI is InChI=1S/C22H38N4O3/c27-17-16-23-12-14-24(15-13-23)20-6-10-26(11-7-20)22(29)19-4-8-25(9-5-19)21(28)18-2-1-3-18/h18-20,27H,1-17H2. The van der Waals surface area contributed by atoms with Crippen molar-refractivity contribution in [1.82, 2.24) is 19.6 Å². The van der Waals surface area contributed by atoms with Gasteiger partial charge in [-0.15, -0.1) is 0 Å². The van der Waals surface area contributed by atoms with E-state index in [4.69, 9.17) is 5.11 Å². The highest BCUT2D eigenvalue weighted by molar-refractivity contribution is 5.81. The van der Waals surface area contributed by atoms with Gasteiger partial charge in [0.15, 0.2) is 0 Å². The average Bonchev–Trinajstić information content (AvgIpc) is 2.73. The van der Waals surface area contributed by atoms with E-state index in [1.54, 1.807) is 0 Å². The molecule has 7 nitrogen and oxygen atoms in total. The Kier molecular flexibility index (Phi) is 7.08. The number of hydrogen-bond donors (Lipinski definition) is 1. The van der Waals surface area contributed by atoms with Crippen LogP contribution in [-0.2, 0) is 9.59 Å². The van der Waals surface area contributed by atoms with Gasteiger partial charge in [-0.05, 0) is 38.5 Å². The van der Waals surface area contributed by atoms with Gasteiger partial charge < -0.3 is 14.9 Å². The number of hydrogen-bond acceptors (Lipinski definition) is 5. The molecule has 4 rings (SSSR count). The lowest BCUT2D eigenvalue weighted by atomic mass is 9.83. The average molecular weight is 407 g/mol. The first kappa shape index (κ1) is 21.1. The van der Waals surface area contributed by atoms with Gasteiger partial charge in [0.1, 0.15) is 0 Å². The van der Waals surface area contributed by atoms with Crippen molar-refractivity contribution in [2.75, 3.05) is 65.5 Å². The predicted octanol–water partition coefficient (Wildman–Crippen LogP) is 0.626. The first-order valence-electron chi connectivity index (χ1n) is 11.8. The van der Waals surface area contributed by atoms with Gasteiger partial charge in [-0.25, -0.2) is 0 Å². The summed E-state index contributed by atoms with van der Waals surface area (Å²) in [6, 6.07) is 0.595. The maximum absolute atomic E-state index is 13.0. The molecule has 7 heteroatoms. The summed E-state index contributed by atoms with van der Waals surface area (Å²) in [6.45, 7) is 8.54. The smallest absolute Gasteiger partial charge is 0.225 e. The number of aliphatic hydroxyl groups is 1. The number of likely N-dealkylation sites (tertiary alicyclic amines) is 2. The van der Waals surface area contributed by atoms with Crippen molar-refractivity contribution < 1.29 is 14.7 Å². The Morgan fingerprint density at radius 1 is 0.690 bits per heavy atom. The molecule has 0 radical (unpaired) electrons. The third kappa shape index (κ3) is 4.94. The Morgan fingerprint density at radius 3 is 1.69 bits per heavy atom. The van der Waals surface area contributed by atoms with E-state index in [0.717, 1.165) is 97.4 Å². The van der Waals surface area contributed by atoms with E-state index in [-0.39, 0.29) is 18.4 Å². The van der Waals surface area contributed by atoms with Gasteiger partial charge in [0.05, 0.1) is 6.61 Å². The van der Waals surface area contributed by atoms with Gasteiger partial charge in [0.25, 0.3) is 0 Å². The normalized spacial score (nSPS) is 26.5. The molecule has 0 bridgehead atoms. The molecular weight excluding hydrogens is 368 g/mol. The third-order valence-corrected chi connectivity index (χ3v) is 7.73. The first-order valence-corrected chi connectivity index (χ1v) is 11.8. The maximum atomic E-state index is 13.0. The predicted molar refractivity (Wildman–Crippen MR) is 111 cm³/mol. The van der Waals surface area contributed by atoms with E-state index in [1.807, 2.05) is 4.90 Å². The largest absolute Gasteiger partial charge is 0.395 e. The molecular formula is C22H38N4O3. The maximum Gasteiger partial charge on any atom is 0.225 e. The lowest BCUT2D eigenvalue weighted by Crippen LogP contribution is -2.54.